The van der Waals surface area contributed by atoms with E-state index < -0.39 is 0 Å². The standard InChI is InChI=1S/C25H24N2OS/c1-2-21(18-12-6-3-7-13-18)24(28)27-23(20-16-10-5-11-17-20)22(26-25(27)29)19-14-8-4-9-15-19/h3-17,21-23H,2H2,1H3,(H,26,29)/t21-,22-,23+/m1/s1. The van der Waals surface area contributed by atoms with Crippen LogP contribution in [0.15, 0.2) is 91.0 Å². The number of rotatable bonds is 5. The first-order chi connectivity index (χ1) is 14.2. The molecule has 0 aromatic heterocycles. The van der Waals surface area contributed by atoms with Gasteiger partial charge in [-0.2, -0.15) is 0 Å². The van der Waals surface area contributed by atoms with Gasteiger partial charge in [0.15, 0.2) is 5.11 Å². The average molecular weight is 401 g/mol. The van der Waals surface area contributed by atoms with E-state index in [0.717, 1.165) is 23.1 Å². The summed E-state index contributed by atoms with van der Waals surface area (Å²) in [4.78, 5) is 15.5. The molecule has 1 aliphatic rings. The predicted molar refractivity (Wildman–Crippen MR) is 120 cm³/mol. The molecule has 1 amide bonds. The van der Waals surface area contributed by atoms with Gasteiger partial charge in [0.1, 0.15) is 0 Å². The third kappa shape index (κ3) is 3.81. The van der Waals surface area contributed by atoms with Crippen LogP contribution >= 0.6 is 12.2 Å². The Balaban J connectivity index is 1.76. The number of nitrogens with one attached hydrogen (secondary N) is 1. The first-order valence-electron chi connectivity index (χ1n) is 9.99. The molecule has 1 heterocycles. The second kappa shape index (κ2) is 8.58. The molecule has 4 heteroatoms. The number of thiocarbonyl (C=S) groups is 1. The molecule has 1 N–H and O–H groups in total. The number of benzene rings is 3. The highest BCUT2D eigenvalue weighted by Gasteiger charge is 2.44. The highest BCUT2D eigenvalue weighted by atomic mass is 32.1. The molecule has 0 saturated carbocycles. The Bertz CT molecular complexity index is 975. The highest BCUT2D eigenvalue weighted by molar-refractivity contribution is 7.80. The smallest absolute Gasteiger partial charge is 0.236 e. The van der Waals surface area contributed by atoms with Gasteiger partial charge in [0, 0.05) is 0 Å². The lowest BCUT2D eigenvalue weighted by Gasteiger charge is -2.29. The van der Waals surface area contributed by atoms with Crippen LogP contribution < -0.4 is 5.32 Å². The summed E-state index contributed by atoms with van der Waals surface area (Å²) >= 11 is 5.68. The second-order valence-electron chi connectivity index (χ2n) is 7.27. The van der Waals surface area contributed by atoms with Gasteiger partial charge in [0.2, 0.25) is 5.91 Å². The van der Waals surface area contributed by atoms with E-state index in [1.807, 2.05) is 73.7 Å². The fourth-order valence-corrected chi connectivity index (χ4v) is 4.45. The normalized spacial score (nSPS) is 19.6. The zero-order valence-corrected chi connectivity index (χ0v) is 17.2. The Morgan fingerprint density at radius 1 is 0.897 bits per heavy atom. The first-order valence-corrected chi connectivity index (χ1v) is 10.4. The largest absolute Gasteiger partial charge is 0.353 e. The molecular weight excluding hydrogens is 376 g/mol. The van der Waals surface area contributed by atoms with E-state index >= 15 is 0 Å². The van der Waals surface area contributed by atoms with Crippen LogP contribution in [-0.4, -0.2) is 15.9 Å². The summed E-state index contributed by atoms with van der Waals surface area (Å²) in [6.45, 7) is 2.05. The number of carbonyl (C=O) groups is 1. The van der Waals surface area contributed by atoms with E-state index in [0.29, 0.717) is 5.11 Å². The van der Waals surface area contributed by atoms with Crippen LogP contribution in [0.3, 0.4) is 0 Å². The SMILES string of the molecule is CC[C@@H](C(=O)N1C(=S)N[C@H](c2ccccc2)[C@@H]1c1ccccc1)c1ccccc1. The molecule has 3 atom stereocenters. The van der Waals surface area contributed by atoms with Gasteiger partial charge in [0.25, 0.3) is 0 Å². The molecule has 1 saturated heterocycles. The van der Waals surface area contributed by atoms with E-state index in [1.165, 1.54) is 0 Å². The Hall–Kier alpha value is -2.98. The van der Waals surface area contributed by atoms with E-state index in [-0.39, 0.29) is 23.9 Å². The first kappa shape index (κ1) is 19.3. The molecule has 0 unspecified atom stereocenters. The van der Waals surface area contributed by atoms with Gasteiger partial charge >= 0.3 is 0 Å². The fraction of sp³-hybridized carbons (Fsp3) is 0.200. The molecule has 146 valence electrons. The zero-order chi connectivity index (χ0) is 20.2. The van der Waals surface area contributed by atoms with Crippen molar-refractivity contribution in [3.63, 3.8) is 0 Å². The minimum absolute atomic E-state index is 0.0449. The molecule has 0 aliphatic carbocycles. The van der Waals surface area contributed by atoms with Crippen molar-refractivity contribution in [3.8, 4) is 0 Å². The van der Waals surface area contributed by atoms with Gasteiger partial charge in [-0.25, -0.2) is 0 Å². The Kier molecular flexibility index (Phi) is 5.72. The van der Waals surface area contributed by atoms with Gasteiger partial charge in [0.05, 0.1) is 18.0 Å². The third-order valence-corrected chi connectivity index (χ3v) is 5.85. The molecule has 0 bridgehead atoms. The van der Waals surface area contributed by atoms with E-state index in [1.54, 1.807) is 4.90 Å². The number of amides is 1. The van der Waals surface area contributed by atoms with Crippen molar-refractivity contribution >= 4 is 23.2 Å². The second-order valence-corrected chi connectivity index (χ2v) is 7.66. The maximum Gasteiger partial charge on any atom is 0.236 e. The molecule has 1 fully saturated rings. The van der Waals surface area contributed by atoms with Crippen LogP contribution in [0.4, 0.5) is 0 Å². The molecule has 0 spiro atoms. The average Bonchev–Trinajstić information content (AvgIpc) is 3.13. The summed E-state index contributed by atoms with van der Waals surface area (Å²) in [5.74, 6) is -0.180. The molecule has 3 nitrogen and oxygen atoms in total. The van der Waals surface area contributed by atoms with Crippen LogP contribution in [0, 0.1) is 0 Å². The summed E-state index contributed by atoms with van der Waals surface area (Å²) in [5.41, 5.74) is 3.22. The van der Waals surface area contributed by atoms with Crippen LogP contribution in [-0.2, 0) is 4.79 Å². The minimum Gasteiger partial charge on any atom is -0.353 e. The monoisotopic (exact) mass is 400 g/mol. The van der Waals surface area contributed by atoms with Crippen LogP contribution in [0.25, 0.3) is 0 Å². The number of nitrogens with zero attached hydrogens (tertiary/aromatic N) is 1. The van der Waals surface area contributed by atoms with Crippen LogP contribution in [0.5, 0.6) is 0 Å². The Morgan fingerprint density at radius 3 is 1.97 bits per heavy atom. The summed E-state index contributed by atoms with van der Waals surface area (Å²) in [6, 6.07) is 30.1. The lowest BCUT2D eigenvalue weighted by atomic mass is 9.91. The maximum absolute atomic E-state index is 13.7. The van der Waals surface area contributed by atoms with Gasteiger partial charge in [-0.3, -0.25) is 9.69 Å². The fourth-order valence-electron chi connectivity index (χ4n) is 4.12. The van der Waals surface area contributed by atoms with Crippen molar-refractivity contribution in [1.29, 1.82) is 0 Å². The summed E-state index contributed by atoms with van der Waals surface area (Å²) < 4.78 is 0. The summed E-state index contributed by atoms with van der Waals surface area (Å²) in [7, 11) is 0. The molecular formula is C25H24N2OS. The lowest BCUT2D eigenvalue weighted by molar-refractivity contribution is -0.130. The van der Waals surface area contributed by atoms with Crippen molar-refractivity contribution in [1.82, 2.24) is 10.2 Å². The zero-order valence-electron chi connectivity index (χ0n) is 16.4. The molecule has 3 aromatic carbocycles. The molecule has 3 aromatic rings. The van der Waals surface area contributed by atoms with Gasteiger partial charge < -0.3 is 5.32 Å². The number of hydrogen-bond donors (Lipinski definition) is 1. The van der Waals surface area contributed by atoms with Crippen LogP contribution in [0.1, 0.15) is 48.0 Å². The molecule has 1 aliphatic heterocycles. The Labute approximate surface area is 177 Å². The minimum atomic E-state index is -0.225. The molecule has 4 rings (SSSR count). The quantitative estimate of drug-likeness (QED) is 0.584. The summed E-state index contributed by atoms with van der Waals surface area (Å²) in [5, 5.41) is 3.91. The molecule has 29 heavy (non-hydrogen) atoms. The topological polar surface area (TPSA) is 32.3 Å². The van der Waals surface area contributed by atoms with Gasteiger partial charge in [-0.05, 0) is 35.3 Å². The van der Waals surface area contributed by atoms with Crippen molar-refractivity contribution in [3.05, 3.63) is 108 Å². The lowest BCUT2D eigenvalue weighted by Crippen LogP contribution is -2.39. The van der Waals surface area contributed by atoms with Crippen molar-refractivity contribution in [2.75, 3.05) is 0 Å². The highest BCUT2D eigenvalue weighted by Crippen LogP contribution is 2.41. The predicted octanol–water partition coefficient (Wildman–Crippen LogP) is 5.38. The van der Waals surface area contributed by atoms with Crippen molar-refractivity contribution in [2.45, 2.75) is 31.3 Å². The molecule has 0 radical (unpaired) electrons. The van der Waals surface area contributed by atoms with Crippen molar-refractivity contribution < 1.29 is 4.79 Å². The summed E-state index contributed by atoms with van der Waals surface area (Å²) in [6.07, 6.45) is 0.722. The van der Waals surface area contributed by atoms with Crippen molar-refractivity contribution in [2.24, 2.45) is 0 Å². The van der Waals surface area contributed by atoms with E-state index in [4.69, 9.17) is 12.2 Å². The Morgan fingerprint density at radius 2 is 1.41 bits per heavy atom. The third-order valence-electron chi connectivity index (χ3n) is 5.54. The number of carbonyl (C=O) groups excluding carboxylic acids is 1. The number of hydrogen-bond acceptors (Lipinski definition) is 2. The van der Waals surface area contributed by atoms with Gasteiger partial charge in [-0.15, -0.1) is 0 Å². The van der Waals surface area contributed by atoms with E-state index in [9.17, 15) is 4.79 Å². The van der Waals surface area contributed by atoms with Gasteiger partial charge in [-0.1, -0.05) is 97.9 Å². The van der Waals surface area contributed by atoms with Crippen LogP contribution in [0.2, 0.25) is 0 Å². The maximum atomic E-state index is 13.7. The van der Waals surface area contributed by atoms with E-state index in [2.05, 4.69) is 29.6 Å².